The number of carbonyl (C=O) groups is 1. The molecule has 2 N–H and O–H groups in total. The number of amides is 1. The van der Waals surface area contributed by atoms with E-state index in [-0.39, 0.29) is 11.5 Å². The summed E-state index contributed by atoms with van der Waals surface area (Å²) in [5.74, 6) is -1.11. The third-order valence-electron chi connectivity index (χ3n) is 5.87. The van der Waals surface area contributed by atoms with Gasteiger partial charge in [0, 0.05) is 50.6 Å². The number of fused-ring (bicyclic) bond motifs is 2. The van der Waals surface area contributed by atoms with Gasteiger partial charge in [0.05, 0.1) is 5.69 Å². The lowest BCUT2D eigenvalue weighted by Crippen LogP contribution is -2.42. The molecule has 1 saturated heterocycles. The number of halogens is 1. The molecule has 0 radical (unpaired) electrons. The van der Waals surface area contributed by atoms with Crippen LogP contribution in [0.3, 0.4) is 0 Å². The van der Waals surface area contributed by atoms with Gasteiger partial charge in [0.25, 0.3) is 5.89 Å². The Morgan fingerprint density at radius 3 is 2.86 bits per heavy atom. The van der Waals surface area contributed by atoms with Crippen LogP contribution in [0.1, 0.15) is 16.2 Å². The van der Waals surface area contributed by atoms with Crippen molar-refractivity contribution >= 4 is 44.4 Å². The topological polar surface area (TPSA) is 96.2 Å². The second-order valence-corrected chi connectivity index (χ2v) is 9.32. The zero-order chi connectivity index (χ0) is 23.8. The number of hydrogen-bond acceptors (Lipinski definition) is 8. The second kappa shape index (κ2) is 9.14. The normalized spacial score (nSPS) is 14.5. The lowest BCUT2D eigenvalue weighted by atomic mass is 10.2. The van der Waals surface area contributed by atoms with Gasteiger partial charge in [-0.3, -0.25) is 9.69 Å². The maximum absolute atomic E-state index is 13.5. The summed E-state index contributed by atoms with van der Waals surface area (Å²) in [6.45, 7) is 4.88. The quantitative estimate of drug-likeness (QED) is 0.381. The molecule has 1 aliphatic heterocycles. The number of pyridine rings is 1. The van der Waals surface area contributed by atoms with Crippen LogP contribution in [0.4, 0.5) is 10.1 Å². The Bertz CT molecular complexity index is 1540. The van der Waals surface area contributed by atoms with E-state index < -0.39 is 11.7 Å². The fourth-order valence-electron chi connectivity index (χ4n) is 4.14. The molecule has 0 saturated carbocycles. The van der Waals surface area contributed by atoms with Gasteiger partial charge in [0.1, 0.15) is 26.7 Å². The number of thiazole rings is 1. The van der Waals surface area contributed by atoms with Gasteiger partial charge in [-0.15, -0.1) is 0 Å². The lowest BCUT2D eigenvalue weighted by Gasteiger charge is -2.26. The van der Waals surface area contributed by atoms with Crippen LogP contribution in [0.15, 0.2) is 59.1 Å². The van der Waals surface area contributed by atoms with E-state index in [4.69, 9.17) is 9.40 Å². The average Bonchev–Trinajstić information content (AvgIpc) is 3.48. The fraction of sp³-hybridized carbons (Fsp3) is 0.200. The Hall–Kier alpha value is -3.73. The SMILES string of the molecule is O=C(Nc1ccccc1-c1nc2cc(CN3CCNCC3)cnc2s1)c1nc2ccc(F)cc2o1. The molecule has 10 heteroatoms. The van der Waals surface area contributed by atoms with E-state index in [2.05, 4.69) is 31.6 Å². The highest BCUT2D eigenvalue weighted by molar-refractivity contribution is 7.21. The molecule has 35 heavy (non-hydrogen) atoms. The van der Waals surface area contributed by atoms with Gasteiger partial charge in [0.2, 0.25) is 0 Å². The first-order valence-electron chi connectivity index (χ1n) is 11.3. The van der Waals surface area contributed by atoms with Crippen LogP contribution in [0.5, 0.6) is 0 Å². The monoisotopic (exact) mass is 488 g/mol. The molecule has 176 valence electrons. The van der Waals surface area contributed by atoms with Crippen molar-refractivity contribution in [3.8, 4) is 10.6 Å². The average molecular weight is 489 g/mol. The van der Waals surface area contributed by atoms with Crippen molar-refractivity contribution in [3.05, 3.63) is 72.0 Å². The summed E-state index contributed by atoms with van der Waals surface area (Å²) >= 11 is 1.47. The number of para-hydroxylation sites is 1. The molecule has 1 fully saturated rings. The van der Waals surface area contributed by atoms with Crippen molar-refractivity contribution in [1.82, 2.24) is 25.2 Å². The number of nitrogens with zero attached hydrogens (tertiary/aromatic N) is 4. The Balaban J connectivity index is 1.26. The number of rotatable bonds is 5. The maximum atomic E-state index is 13.5. The molecule has 2 aromatic carbocycles. The Kier molecular flexibility index (Phi) is 5.69. The van der Waals surface area contributed by atoms with Crippen molar-refractivity contribution in [2.45, 2.75) is 6.54 Å². The summed E-state index contributed by atoms with van der Waals surface area (Å²) < 4.78 is 18.9. The van der Waals surface area contributed by atoms with Crippen molar-refractivity contribution in [1.29, 1.82) is 0 Å². The predicted molar refractivity (Wildman–Crippen MR) is 133 cm³/mol. The highest BCUT2D eigenvalue weighted by Crippen LogP contribution is 2.34. The summed E-state index contributed by atoms with van der Waals surface area (Å²) in [5, 5.41) is 6.97. The molecule has 5 aromatic rings. The molecule has 0 unspecified atom stereocenters. The van der Waals surface area contributed by atoms with Crippen LogP contribution >= 0.6 is 11.3 Å². The number of carbonyl (C=O) groups excluding carboxylic acids is 1. The van der Waals surface area contributed by atoms with E-state index in [1.807, 2.05) is 24.4 Å². The number of benzene rings is 2. The van der Waals surface area contributed by atoms with E-state index >= 15 is 0 Å². The molecular weight excluding hydrogens is 467 g/mol. The number of oxazole rings is 1. The number of aromatic nitrogens is 3. The standard InChI is InChI=1S/C25H21FN6O2S/c26-16-5-6-19-21(12-16)34-23(30-19)22(33)29-18-4-2-1-3-17(18)24-31-20-11-15(13-28-25(20)35-24)14-32-9-7-27-8-10-32/h1-6,11-13,27H,7-10,14H2,(H,29,33). The molecule has 0 aliphatic carbocycles. The van der Waals surface area contributed by atoms with Crippen molar-refractivity contribution < 1.29 is 13.6 Å². The van der Waals surface area contributed by atoms with Gasteiger partial charge >= 0.3 is 5.91 Å². The van der Waals surface area contributed by atoms with Crippen molar-refractivity contribution in [2.75, 3.05) is 31.5 Å². The minimum Gasteiger partial charge on any atom is -0.432 e. The van der Waals surface area contributed by atoms with Crippen LogP contribution in [0, 0.1) is 5.82 Å². The van der Waals surface area contributed by atoms with E-state index in [9.17, 15) is 9.18 Å². The fourth-order valence-corrected chi connectivity index (χ4v) is 5.07. The van der Waals surface area contributed by atoms with Crippen LogP contribution < -0.4 is 10.6 Å². The Morgan fingerprint density at radius 2 is 1.97 bits per heavy atom. The minimum absolute atomic E-state index is 0.135. The maximum Gasteiger partial charge on any atom is 0.311 e. The lowest BCUT2D eigenvalue weighted by molar-refractivity contribution is 0.0992. The highest BCUT2D eigenvalue weighted by Gasteiger charge is 2.19. The first-order valence-corrected chi connectivity index (χ1v) is 12.1. The molecule has 1 aliphatic rings. The number of piperazine rings is 1. The Morgan fingerprint density at radius 1 is 1.11 bits per heavy atom. The van der Waals surface area contributed by atoms with Crippen molar-refractivity contribution in [2.24, 2.45) is 0 Å². The van der Waals surface area contributed by atoms with Crippen LogP contribution in [0.25, 0.3) is 32.0 Å². The van der Waals surface area contributed by atoms with E-state index in [0.717, 1.165) is 59.2 Å². The molecule has 0 spiro atoms. The summed E-state index contributed by atoms with van der Waals surface area (Å²) in [7, 11) is 0. The summed E-state index contributed by atoms with van der Waals surface area (Å²) in [5.41, 5.74) is 3.95. The summed E-state index contributed by atoms with van der Waals surface area (Å²) in [6, 6.07) is 13.5. The first-order chi connectivity index (χ1) is 17.1. The smallest absolute Gasteiger partial charge is 0.311 e. The van der Waals surface area contributed by atoms with E-state index in [1.165, 1.54) is 29.5 Å². The second-order valence-electron chi connectivity index (χ2n) is 8.34. The summed E-state index contributed by atoms with van der Waals surface area (Å²) in [6.07, 6.45) is 1.91. The molecule has 1 amide bonds. The predicted octanol–water partition coefficient (Wildman–Crippen LogP) is 4.30. The molecule has 0 bridgehead atoms. The number of nitrogens with one attached hydrogen (secondary N) is 2. The van der Waals surface area contributed by atoms with Crippen LogP contribution in [-0.4, -0.2) is 51.9 Å². The first kappa shape index (κ1) is 21.8. The molecule has 8 nitrogen and oxygen atoms in total. The van der Waals surface area contributed by atoms with Gasteiger partial charge in [-0.25, -0.2) is 19.3 Å². The van der Waals surface area contributed by atoms with Crippen LogP contribution in [0.2, 0.25) is 0 Å². The highest BCUT2D eigenvalue weighted by atomic mass is 32.1. The largest absolute Gasteiger partial charge is 0.432 e. The molecule has 0 atom stereocenters. The molecule has 4 heterocycles. The number of hydrogen-bond donors (Lipinski definition) is 2. The van der Waals surface area contributed by atoms with E-state index in [0.29, 0.717) is 11.2 Å². The zero-order valence-corrected chi connectivity index (χ0v) is 19.4. The van der Waals surface area contributed by atoms with Gasteiger partial charge < -0.3 is 15.1 Å². The van der Waals surface area contributed by atoms with Gasteiger partial charge in [-0.05, 0) is 35.9 Å². The number of anilines is 1. The minimum atomic E-state index is -0.522. The summed E-state index contributed by atoms with van der Waals surface area (Å²) in [4.78, 5) is 29.7. The van der Waals surface area contributed by atoms with Gasteiger partial charge in [-0.1, -0.05) is 23.5 Å². The zero-order valence-electron chi connectivity index (χ0n) is 18.6. The van der Waals surface area contributed by atoms with Gasteiger partial charge in [0.15, 0.2) is 5.58 Å². The third-order valence-corrected chi connectivity index (χ3v) is 6.88. The molecular formula is C25H21FN6O2S. The Labute approximate surface area is 203 Å². The molecule has 3 aromatic heterocycles. The van der Waals surface area contributed by atoms with Crippen molar-refractivity contribution in [3.63, 3.8) is 0 Å². The van der Waals surface area contributed by atoms with Gasteiger partial charge in [-0.2, -0.15) is 0 Å². The molecule has 6 rings (SSSR count). The van der Waals surface area contributed by atoms with Crippen LogP contribution in [-0.2, 0) is 6.54 Å². The third kappa shape index (κ3) is 4.51. The van der Waals surface area contributed by atoms with E-state index in [1.54, 1.807) is 6.07 Å².